The molecule has 164 valence electrons. The van der Waals surface area contributed by atoms with E-state index in [1.807, 2.05) is 10.2 Å². The van der Waals surface area contributed by atoms with Crippen LogP contribution in [0.25, 0.3) is 0 Å². The van der Waals surface area contributed by atoms with E-state index in [-0.39, 0.29) is 11.1 Å². The molecular formula is C27H35IOSi2. The van der Waals surface area contributed by atoms with Gasteiger partial charge in [-0.25, -0.2) is 0 Å². The van der Waals surface area contributed by atoms with Crippen LogP contribution in [0, 0.1) is 11.5 Å². The molecule has 0 bridgehead atoms. The number of rotatable bonds is 7. The molecular weight excluding hydrogens is 523 g/mol. The van der Waals surface area contributed by atoms with Gasteiger partial charge in [-0.3, -0.25) is 0 Å². The SMILES string of the molecule is CC(C)(C)[Si](OC(C=CC=CI)CC#C[Si](C)(C)C)(c1ccccc1)c1ccccc1. The third-order valence-corrected chi connectivity index (χ3v) is 11.4. The summed E-state index contributed by atoms with van der Waals surface area (Å²) in [5.41, 5.74) is 3.52. The summed E-state index contributed by atoms with van der Waals surface area (Å²) >= 11 is 2.25. The van der Waals surface area contributed by atoms with Gasteiger partial charge in [-0.15, -0.1) is 11.5 Å². The van der Waals surface area contributed by atoms with E-state index in [0.29, 0.717) is 6.42 Å². The Morgan fingerprint density at radius 1 is 0.903 bits per heavy atom. The second-order valence-electron chi connectivity index (χ2n) is 9.78. The molecule has 0 fully saturated rings. The Morgan fingerprint density at radius 3 is 1.84 bits per heavy atom. The van der Waals surface area contributed by atoms with Gasteiger partial charge in [-0.1, -0.05) is 142 Å². The molecule has 0 radical (unpaired) electrons. The third kappa shape index (κ3) is 7.32. The highest BCUT2D eigenvalue weighted by Crippen LogP contribution is 2.38. The van der Waals surface area contributed by atoms with Gasteiger partial charge in [-0.2, -0.15) is 0 Å². The maximum Gasteiger partial charge on any atom is 0.261 e. The first-order valence-corrected chi connectivity index (χ1v) is 17.5. The zero-order valence-corrected chi connectivity index (χ0v) is 23.8. The Morgan fingerprint density at radius 2 is 1.42 bits per heavy atom. The van der Waals surface area contributed by atoms with Crippen molar-refractivity contribution >= 4 is 49.4 Å². The Kier molecular flexibility index (Phi) is 9.56. The number of allylic oxidation sites excluding steroid dienone is 2. The van der Waals surface area contributed by atoms with Crippen molar-refractivity contribution in [3.8, 4) is 11.5 Å². The quantitative estimate of drug-likeness (QED) is 0.159. The summed E-state index contributed by atoms with van der Waals surface area (Å²) in [5.74, 6) is 3.46. The highest BCUT2D eigenvalue weighted by molar-refractivity contribution is 14.1. The summed E-state index contributed by atoms with van der Waals surface area (Å²) in [5, 5.41) is 2.55. The van der Waals surface area contributed by atoms with Crippen LogP contribution >= 0.6 is 22.6 Å². The predicted molar refractivity (Wildman–Crippen MR) is 151 cm³/mol. The topological polar surface area (TPSA) is 9.23 Å². The van der Waals surface area contributed by atoms with Crippen molar-refractivity contribution in [2.45, 2.75) is 58.0 Å². The molecule has 0 saturated heterocycles. The molecule has 1 nitrogen and oxygen atoms in total. The maximum absolute atomic E-state index is 7.26. The highest BCUT2D eigenvalue weighted by atomic mass is 127. The van der Waals surface area contributed by atoms with Crippen molar-refractivity contribution in [1.82, 2.24) is 0 Å². The van der Waals surface area contributed by atoms with Crippen LogP contribution in [-0.4, -0.2) is 22.5 Å². The van der Waals surface area contributed by atoms with Crippen LogP contribution in [0.1, 0.15) is 27.2 Å². The second kappa shape index (κ2) is 11.5. The third-order valence-electron chi connectivity index (χ3n) is 5.02. The van der Waals surface area contributed by atoms with Crippen LogP contribution in [0.5, 0.6) is 0 Å². The van der Waals surface area contributed by atoms with E-state index in [2.05, 4.69) is 147 Å². The first-order valence-electron chi connectivity index (χ1n) is 10.8. The van der Waals surface area contributed by atoms with Crippen LogP contribution in [0.4, 0.5) is 0 Å². The molecule has 0 N–H and O–H groups in total. The molecule has 2 aromatic carbocycles. The van der Waals surface area contributed by atoms with Gasteiger partial charge in [0.15, 0.2) is 0 Å². The van der Waals surface area contributed by atoms with Gasteiger partial charge in [0.05, 0.1) is 6.10 Å². The summed E-state index contributed by atoms with van der Waals surface area (Å²) in [6.07, 6.45) is 6.95. The highest BCUT2D eigenvalue weighted by Gasteiger charge is 2.51. The summed E-state index contributed by atoms with van der Waals surface area (Å²) in [4.78, 5) is 0. The fourth-order valence-corrected chi connectivity index (χ4v) is 9.22. The lowest BCUT2D eigenvalue weighted by Gasteiger charge is -2.44. The molecule has 4 heteroatoms. The smallest absolute Gasteiger partial charge is 0.261 e. The lowest BCUT2D eigenvalue weighted by atomic mass is 10.2. The molecule has 1 atom stereocenters. The Labute approximate surface area is 205 Å². The second-order valence-corrected chi connectivity index (χ2v) is 19.5. The van der Waals surface area contributed by atoms with Crippen LogP contribution in [-0.2, 0) is 4.43 Å². The van der Waals surface area contributed by atoms with Crippen molar-refractivity contribution in [3.63, 3.8) is 0 Å². The van der Waals surface area contributed by atoms with Crippen molar-refractivity contribution in [1.29, 1.82) is 0 Å². The average molecular weight is 559 g/mol. The summed E-state index contributed by atoms with van der Waals surface area (Å²) in [6, 6.07) is 21.6. The maximum atomic E-state index is 7.26. The lowest BCUT2D eigenvalue weighted by molar-refractivity contribution is 0.238. The molecule has 0 aliphatic heterocycles. The van der Waals surface area contributed by atoms with Crippen molar-refractivity contribution in [3.05, 3.63) is 83.0 Å². The standard InChI is InChI=1S/C27H35IOSi2/c1-27(2,3)31(25-18-9-7-10-19-25,26-20-11-8-12-21-26)29-24(16-13-14-22-28)17-15-23-30(4,5)6/h7-14,16,18-22,24H,17H2,1-6H3. The number of halogens is 1. The first kappa shape index (κ1) is 25.9. The van der Waals surface area contributed by atoms with Crippen LogP contribution in [0.3, 0.4) is 0 Å². The predicted octanol–water partition coefficient (Wildman–Crippen LogP) is 6.71. The van der Waals surface area contributed by atoms with Crippen LogP contribution in [0.15, 0.2) is 83.0 Å². The lowest BCUT2D eigenvalue weighted by Crippen LogP contribution is -2.67. The summed E-state index contributed by atoms with van der Waals surface area (Å²) in [7, 11) is -4.03. The van der Waals surface area contributed by atoms with Crippen molar-refractivity contribution in [2.24, 2.45) is 0 Å². The number of hydrogen-bond donors (Lipinski definition) is 0. The molecule has 0 saturated carbocycles. The van der Waals surface area contributed by atoms with E-state index in [4.69, 9.17) is 4.43 Å². The first-order chi connectivity index (χ1) is 14.6. The van der Waals surface area contributed by atoms with E-state index < -0.39 is 16.4 Å². The fraction of sp³-hybridized carbons (Fsp3) is 0.333. The van der Waals surface area contributed by atoms with Gasteiger partial charge in [0.25, 0.3) is 8.32 Å². The number of benzene rings is 2. The van der Waals surface area contributed by atoms with E-state index in [0.717, 1.165) is 0 Å². The summed E-state index contributed by atoms with van der Waals surface area (Å²) in [6.45, 7) is 13.8. The van der Waals surface area contributed by atoms with Gasteiger partial charge in [-0.05, 0) is 19.5 Å². The van der Waals surface area contributed by atoms with Crippen LogP contribution in [0.2, 0.25) is 24.7 Å². The molecule has 0 aliphatic carbocycles. The largest absolute Gasteiger partial charge is 0.400 e. The minimum Gasteiger partial charge on any atom is -0.400 e. The molecule has 2 rings (SSSR count). The van der Waals surface area contributed by atoms with Gasteiger partial charge < -0.3 is 4.43 Å². The van der Waals surface area contributed by atoms with Gasteiger partial charge in [0, 0.05) is 6.42 Å². The Balaban J connectivity index is 2.63. The Hall–Kier alpha value is -1.40. The monoisotopic (exact) mass is 558 g/mol. The molecule has 0 aromatic heterocycles. The molecule has 0 amide bonds. The van der Waals surface area contributed by atoms with Crippen LogP contribution < -0.4 is 10.4 Å². The molecule has 1 unspecified atom stereocenters. The Bertz CT molecular complexity index is 887. The fourth-order valence-electron chi connectivity index (χ4n) is 3.71. The van der Waals surface area contributed by atoms with E-state index in [1.54, 1.807) is 0 Å². The molecule has 0 aliphatic rings. The molecule has 0 spiro atoms. The average Bonchev–Trinajstić information content (AvgIpc) is 2.71. The zero-order chi connectivity index (χ0) is 23.0. The normalized spacial score (nSPS) is 13.9. The summed E-state index contributed by atoms with van der Waals surface area (Å²) < 4.78 is 9.28. The van der Waals surface area contributed by atoms with E-state index in [1.165, 1.54) is 10.4 Å². The molecule has 0 heterocycles. The van der Waals surface area contributed by atoms with Crippen molar-refractivity contribution < 1.29 is 4.43 Å². The van der Waals surface area contributed by atoms with Gasteiger partial charge in [0.2, 0.25) is 0 Å². The zero-order valence-electron chi connectivity index (χ0n) is 19.7. The molecule has 31 heavy (non-hydrogen) atoms. The van der Waals surface area contributed by atoms with Gasteiger partial charge >= 0.3 is 0 Å². The van der Waals surface area contributed by atoms with Gasteiger partial charge in [0.1, 0.15) is 8.07 Å². The van der Waals surface area contributed by atoms with E-state index >= 15 is 0 Å². The minimum absolute atomic E-state index is 0.0485. The number of hydrogen-bond acceptors (Lipinski definition) is 1. The minimum atomic E-state index is -2.60. The molecule has 2 aromatic rings. The van der Waals surface area contributed by atoms with E-state index in [9.17, 15) is 0 Å². The van der Waals surface area contributed by atoms with Crippen molar-refractivity contribution in [2.75, 3.05) is 0 Å².